The summed E-state index contributed by atoms with van der Waals surface area (Å²) in [7, 11) is -4.88. The van der Waals surface area contributed by atoms with Gasteiger partial charge in [0.15, 0.2) is 17.0 Å². The molecule has 3 aromatic rings. The van der Waals surface area contributed by atoms with Crippen molar-refractivity contribution in [2.75, 3.05) is 18.0 Å². The molecule has 3 heterocycles. The predicted molar refractivity (Wildman–Crippen MR) is 108 cm³/mol. The molecule has 0 radical (unpaired) electrons. The highest BCUT2D eigenvalue weighted by Crippen LogP contribution is 2.30. The molecule has 1 fully saturated rings. The Morgan fingerprint density at radius 2 is 1.97 bits per heavy atom. The van der Waals surface area contributed by atoms with Crippen LogP contribution in [0, 0.1) is 0 Å². The maximum Gasteiger partial charge on any atom is 0.332 e. The number of aromatic nitrogens is 5. The third-order valence-corrected chi connectivity index (χ3v) is 5.96. The molecule has 1 aliphatic rings. The molecule has 0 unspecified atom stereocenters. The Kier molecular flexibility index (Phi) is 4.97. The first-order valence-electron chi connectivity index (χ1n) is 9.61. The van der Waals surface area contributed by atoms with Crippen molar-refractivity contribution in [1.82, 2.24) is 25.0 Å². The van der Waals surface area contributed by atoms with E-state index in [4.69, 9.17) is 4.98 Å². The predicted octanol–water partition coefficient (Wildman–Crippen LogP) is 1.80. The number of anilines is 1. The molecule has 1 aromatic carbocycles. The van der Waals surface area contributed by atoms with Crippen molar-refractivity contribution in [2.24, 2.45) is 0 Å². The van der Waals surface area contributed by atoms with Gasteiger partial charge in [-0.2, -0.15) is 8.42 Å². The van der Waals surface area contributed by atoms with Crippen LogP contribution in [0.15, 0.2) is 29.2 Å². The molecule has 0 saturated carbocycles. The fourth-order valence-electron chi connectivity index (χ4n) is 3.47. The van der Waals surface area contributed by atoms with Gasteiger partial charge in [0.05, 0.1) is 12.6 Å². The van der Waals surface area contributed by atoms with Crippen molar-refractivity contribution in [3.63, 3.8) is 0 Å². The molecular formula is C19H23FN6O3S. The van der Waals surface area contributed by atoms with E-state index in [-0.39, 0.29) is 17.5 Å². The summed E-state index contributed by atoms with van der Waals surface area (Å²) in [4.78, 5) is 10.9. The summed E-state index contributed by atoms with van der Waals surface area (Å²) in [6.07, 6.45) is 0.191. The normalized spacial score (nSPS) is 17.8. The van der Waals surface area contributed by atoms with Gasteiger partial charge in [-0.1, -0.05) is 44.2 Å². The molecule has 1 atom stereocenters. The van der Waals surface area contributed by atoms with Gasteiger partial charge in [-0.05, 0) is 18.1 Å². The van der Waals surface area contributed by atoms with Crippen LogP contribution in [0.1, 0.15) is 38.6 Å². The minimum atomic E-state index is -4.88. The molecule has 1 N–H and O–H groups in total. The Morgan fingerprint density at radius 3 is 2.60 bits per heavy atom. The third-order valence-electron chi connectivity index (χ3n) is 5.03. The molecule has 1 saturated heterocycles. The lowest BCUT2D eigenvalue weighted by atomic mass is 9.96. The minimum Gasteiger partial charge on any atom is -0.391 e. The minimum absolute atomic E-state index is 0.0154. The van der Waals surface area contributed by atoms with Crippen LogP contribution in [0.25, 0.3) is 11.2 Å². The van der Waals surface area contributed by atoms with E-state index in [1.54, 1.807) is 6.07 Å². The van der Waals surface area contributed by atoms with Crippen LogP contribution in [0.4, 0.5) is 9.70 Å². The monoisotopic (exact) mass is 434 g/mol. The summed E-state index contributed by atoms with van der Waals surface area (Å²) in [5.41, 5.74) is 0.771. The Bertz CT molecular complexity index is 1200. The number of hydrogen-bond acceptors (Lipinski definition) is 8. The lowest BCUT2D eigenvalue weighted by Gasteiger charge is -2.22. The molecule has 0 bridgehead atoms. The number of halogens is 1. The van der Waals surface area contributed by atoms with Gasteiger partial charge in [0.25, 0.3) is 0 Å². The quantitative estimate of drug-likeness (QED) is 0.618. The molecule has 30 heavy (non-hydrogen) atoms. The van der Waals surface area contributed by atoms with Gasteiger partial charge in [0, 0.05) is 18.5 Å². The second kappa shape index (κ2) is 7.24. The second-order valence-electron chi connectivity index (χ2n) is 8.47. The summed E-state index contributed by atoms with van der Waals surface area (Å²) in [6.45, 7) is 7.00. The summed E-state index contributed by atoms with van der Waals surface area (Å²) >= 11 is 0. The molecule has 0 spiro atoms. The zero-order chi connectivity index (χ0) is 21.7. The Balaban J connectivity index is 1.85. The molecule has 2 aromatic heterocycles. The van der Waals surface area contributed by atoms with E-state index < -0.39 is 21.2 Å². The van der Waals surface area contributed by atoms with Gasteiger partial charge in [0.2, 0.25) is 0 Å². The fraction of sp³-hybridized carbons (Fsp3) is 0.474. The van der Waals surface area contributed by atoms with Crippen molar-refractivity contribution >= 4 is 27.2 Å². The number of nitrogens with zero attached hydrogens (tertiary/aromatic N) is 6. The zero-order valence-corrected chi connectivity index (χ0v) is 17.8. The van der Waals surface area contributed by atoms with Crippen molar-refractivity contribution in [3.05, 3.63) is 35.7 Å². The van der Waals surface area contributed by atoms with Gasteiger partial charge in [-0.3, -0.25) is 0 Å². The Morgan fingerprint density at radius 1 is 1.23 bits per heavy atom. The van der Waals surface area contributed by atoms with Crippen molar-refractivity contribution in [2.45, 2.75) is 50.2 Å². The van der Waals surface area contributed by atoms with Gasteiger partial charge < -0.3 is 10.0 Å². The van der Waals surface area contributed by atoms with Gasteiger partial charge in [-0.15, -0.1) is 8.98 Å². The maximum atomic E-state index is 13.7. The number of aliphatic hydroxyl groups excluding tert-OH is 1. The first-order chi connectivity index (χ1) is 14.0. The topological polar surface area (TPSA) is 114 Å². The van der Waals surface area contributed by atoms with Gasteiger partial charge in [0.1, 0.15) is 10.7 Å². The van der Waals surface area contributed by atoms with Crippen LogP contribution in [0.2, 0.25) is 0 Å². The first-order valence-corrected chi connectivity index (χ1v) is 11.0. The van der Waals surface area contributed by atoms with Gasteiger partial charge >= 0.3 is 10.2 Å². The highest BCUT2D eigenvalue weighted by molar-refractivity contribution is 7.86. The largest absolute Gasteiger partial charge is 0.391 e. The lowest BCUT2D eigenvalue weighted by molar-refractivity contribution is 0.198. The summed E-state index contributed by atoms with van der Waals surface area (Å²) in [5, 5.41) is 18.3. The van der Waals surface area contributed by atoms with E-state index in [0.717, 1.165) is 0 Å². The van der Waals surface area contributed by atoms with Crippen LogP contribution in [-0.2, 0) is 22.2 Å². The average Bonchev–Trinajstić information content (AvgIpc) is 3.26. The van der Waals surface area contributed by atoms with E-state index in [1.807, 2.05) is 25.7 Å². The molecular weight excluding hydrogens is 411 g/mol. The molecule has 4 rings (SSSR count). The van der Waals surface area contributed by atoms with Crippen molar-refractivity contribution < 1.29 is 17.4 Å². The first kappa shape index (κ1) is 20.6. The molecule has 0 amide bonds. The SMILES string of the molecule is CC(C)(C)c1nc(N2CC[C@H](O)C2)c2nnn(Cc3ccccc3S(=O)(=O)F)c2n1. The van der Waals surface area contributed by atoms with E-state index in [9.17, 15) is 17.4 Å². The fourth-order valence-corrected chi connectivity index (χ4v) is 4.16. The highest BCUT2D eigenvalue weighted by atomic mass is 32.3. The maximum absolute atomic E-state index is 13.7. The number of β-amino-alcohol motifs (C(OH)–C–C–N with tert-alkyl or cyclic N) is 1. The van der Waals surface area contributed by atoms with E-state index in [2.05, 4.69) is 15.3 Å². The van der Waals surface area contributed by atoms with Crippen LogP contribution >= 0.6 is 0 Å². The highest BCUT2D eigenvalue weighted by Gasteiger charge is 2.29. The van der Waals surface area contributed by atoms with Crippen molar-refractivity contribution in [1.29, 1.82) is 0 Å². The van der Waals surface area contributed by atoms with Crippen LogP contribution in [-0.4, -0.2) is 57.7 Å². The van der Waals surface area contributed by atoms with E-state index in [0.29, 0.717) is 42.3 Å². The summed E-state index contributed by atoms with van der Waals surface area (Å²) in [6, 6.07) is 5.85. The Labute approximate surface area is 173 Å². The van der Waals surface area contributed by atoms with Crippen LogP contribution in [0.3, 0.4) is 0 Å². The van der Waals surface area contributed by atoms with Gasteiger partial charge in [-0.25, -0.2) is 14.6 Å². The number of fused-ring (bicyclic) bond motifs is 1. The molecule has 1 aliphatic heterocycles. The van der Waals surface area contributed by atoms with Crippen molar-refractivity contribution in [3.8, 4) is 0 Å². The summed E-state index contributed by atoms with van der Waals surface area (Å²) in [5.74, 6) is 1.15. The molecule has 160 valence electrons. The zero-order valence-electron chi connectivity index (χ0n) is 16.9. The van der Waals surface area contributed by atoms with E-state index in [1.165, 1.54) is 22.9 Å². The number of benzene rings is 1. The standard InChI is InChI=1S/C19H23FN6O3S/c1-19(2,3)18-21-16(25-9-8-13(27)11-25)15-17(22-18)26(24-23-15)10-12-6-4-5-7-14(12)30(20,28)29/h4-7,13,27H,8-11H2,1-3H3/t13-/m0/s1. The summed E-state index contributed by atoms with van der Waals surface area (Å²) < 4.78 is 38.2. The third kappa shape index (κ3) is 3.86. The average molecular weight is 434 g/mol. The number of aliphatic hydroxyl groups is 1. The van der Waals surface area contributed by atoms with Crippen LogP contribution < -0.4 is 4.90 Å². The van der Waals surface area contributed by atoms with E-state index >= 15 is 0 Å². The van der Waals surface area contributed by atoms with Crippen LogP contribution in [0.5, 0.6) is 0 Å². The Hall–Kier alpha value is -2.66. The smallest absolute Gasteiger partial charge is 0.332 e. The molecule has 9 nitrogen and oxygen atoms in total. The molecule has 0 aliphatic carbocycles. The number of rotatable bonds is 4. The second-order valence-corrected chi connectivity index (χ2v) is 9.79. The number of hydrogen-bond donors (Lipinski definition) is 1. The lowest BCUT2D eigenvalue weighted by Crippen LogP contribution is -2.25. The molecule has 11 heteroatoms.